The van der Waals surface area contributed by atoms with Crippen molar-refractivity contribution >= 4 is 5.57 Å². The van der Waals surface area contributed by atoms with Gasteiger partial charge in [-0.1, -0.05) is 91.0 Å². The van der Waals surface area contributed by atoms with Crippen LogP contribution in [0.4, 0.5) is 0 Å². The van der Waals surface area contributed by atoms with Gasteiger partial charge in [0.15, 0.2) is 0 Å². The first-order valence-electron chi connectivity index (χ1n) is 8.97. The molecule has 4 rings (SSSR count). The minimum atomic E-state index is 0.273. The van der Waals surface area contributed by atoms with Crippen molar-refractivity contribution in [3.8, 4) is 0 Å². The van der Waals surface area contributed by atoms with Gasteiger partial charge in [-0.15, -0.1) is 0 Å². The van der Waals surface area contributed by atoms with Crippen LogP contribution in [0.15, 0.2) is 96.7 Å². The van der Waals surface area contributed by atoms with Crippen molar-refractivity contribution in [3.05, 3.63) is 113 Å². The van der Waals surface area contributed by atoms with Gasteiger partial charge in [-0.3, -0.25) is 0 Å². The van der Waals surface area contributed by atoms with Crippen LogP contribution in [0.3, 0.4) is 0 Å². The maximum atomic E-state index is 6.71. The van der Waals surface area contributed by atoms with Crippen LogP contribution >= 0.6 is 0 Å². The molecule has 0 saturated carbocycles. The summed E-state index contributed by atoms with van der Waals surface area (Å²) in [5, 5.41) is 0. The number of rotatable bonds is 3. The average molecular weight is 325 g/mol. The van der Waals surface area contributed by atoms with Crippen LogP contribution in [0.2, 0.25) is 0 Å². The molecule has 0 aliphatic heterocycles. The molecule has 1 nitrogen and oxygen atoms in total. The Kier molecular flexibility index (Phi) is 4.39. The van der Waals surface area contributed by atoms with E-state index in [9.17, 15) is 0 Å². The van der Waals surface area contributed by atoms with Crippen molar-refractivity contribution in [2.75, 3.05) is 0 Å². The van der Waals surface area contributed by atoms with Gasteiger partial charge in [-0.2, -0.15) is 0 Å². The van der Waals surface area contributed by atoms with E-state index in [0.717, 1.165) is 18.5 Å². The van der Waals surface area contributed by atoms with Crippen LogP contribution < -0.4 is 5.73 Å². The van der Waals surface area contributed by atoms with E-state index in [1.165, 1.54) is 22.3 Å². The van der Waals surface area contributed by atoms with Crippen LogP contribution in [0, 0.1) is 0 Å². The fraction of sp³-hybridized carbons (Fsp3) is 0.167. The van der Waals surface area contributed by atoms with Crippen molar-refractivity contribution in [1.29, 1.82) is 0 Å². The second-order valence-electron chi connectivity index (χ2n) is 6.81. The van der Waals surface area contributed by atoms with E-state index in [1.807, 2.05) is 0 Å². The molecule has 0 fully saturated rings. The zero-order valence-electron chi connectivity index (χ0n) is 14.3. The SMILES string of the molecule is NC1=C(c2ccccc2)CC(c2ccccc2)CC1c1ccccc1. The molecule has 0 radical (unpaired) electrons. The van der Waals surface area contributed by atoms with E-state index in [-0.39, 0.29) is 5.92 Å². The third-order valence-electron chi connectivity index (χ3n) is 5.29. The number of allylic oxidation sites excluding steroid dienone is 2. The van der Waals surface area contributed by atoms with E-state index in [0.29, 0.717) is 5.92 Å². The van der Waals surface area contributed by atoms with E-state index in [2.05, 4.69) is 91.0 Å². The first-order valence-corrected chi connectivity index (χ1v) is 8.97. The van der Waals surface area contributed by atoms with Gasteiger partial charge in [-0.25, -0.2) is 0 Å². The summed E-state index contributed by atoms with van der Waals surface area (Å²) in [5.74, 6) is 0.768. The third-order valence-corrected chi connectivity index (χ3v) is 5.29. The largest absolute Gasteiger partial charge is 0.401 e. The van der Waals surface area contributed by atoms with Crippen molar-refractivity contribution in [2.45, 2.75) is 24.7 Å². The molecule has 0 heterocycles. The van der Waals surface area contributed by atoms with Crippen LogP contribution in [0.5, 0.6) is 0 Å². The summed E-state index contributed by atoms with van der Waals surface area (Å²) in [4.78, 5) is 0. The quantitative estimate of drug-likeness (QED) is 0.655. The van der Waals surface area contributed by atoms with Crippen LogP contribution in [0.25, 0.3) is 5.57 Å². The Morgan fingerprint density at radius 3 is 1.76 bits per heavy atom. The predicted octanol–water partition coefficient (Wildman–Crippen LogP) is 5.72. The van der Waals surface area contributed by atoms with E-state index < -0.39 is 0 Å². The Bertz CT molecular complexity index is 850. The molecular weight excluding hydrogens is 302 g/mol. The molecule has 25 heavy (non-hydrogen) atoms. The smallest absolute Gasteiger partial charge is 0.0244 e. The van der Waals surface area contributed by atoms with Gasteiger partial charge >= 0.3 is 0 Å². The van der Waals surface area contributed by atoms with Crippen LogP contribution in [0.1, 0.15) is 41.4 Å². The minimum Gasteiger partial charge on any atom is -0.401 e. The maximum Gasteiger partial charge on any atom is 0.0244 e. The molecule has 1 heteroatoms. The Morgan fingerprint density at radius 1 is 0.640 bits per heavy atom. The van der Waals surface area contributed by atoms with E-state index >= 15 is 0 Å². The molecule has 1 aliphatic carbocycles. The fourth-order valence-corrected chi connectivity index (χ4v) is 3.97. The lowest BCUT2D eigenvalue weighted by Crippen LogP contribution is -2.21. The van der Waals surface area contributed by atoms with Gasteiger partial charge in [0, 0.05) is 11.6 Å². The van der Waals surface area contributed by atoms with Gasteiger partial charge < -0.3 is 5.73 Å². The summed E-state index contributed by atoms with van der Waals surface area (Å²) in [6.45, 7) is 0. The Labute approximate surface area is 149 Å². The van der Waals surface area contributed by atoms with Crippen molar-refractivity contribution in [2.24, 2.45) is 5.73 Å². The molecule has 2 unspecified atom stereocenters. The van der Waals surface area contributed by atoms with Gasteiger partial charge in [0.05, 0.1) is 0 Å². The highest BCUT2D eigenvalue weighted by atomic mass is 14.6. The lowest BCUT2D eigenvalue weighted by Gasteiger charge is -2.33. The maximum absolute atomic E-state index is 6.71. The molecule has 0 saturated heterocycles. The molecule has 0 bridgehead atoms. The van der Waals surface area contributed by atoms with Gasteiger partial charge in [-0.05, 0) is 41.0 Å². The minimum absolute atomic E-state index is 0.273. The normalized spacial score (nSPS) is 20.5. The topological polar surface area (TPSA) is 26.0 Å². The monoisotopic (exact) mass is 325 g/mol. The lowest BCUT2D eigenvalue weighted by molar-refractivity contribution is 0.551. The third kappa shape index (κ3) is 3.23. The van der Waals surface area contributed by atoms with Crippen LogP contribution in [-0.4, -0.2) is 0 Å². The lowest BCUT2D eigenvalue weighted by atomic mass is 9.73. The Hall–Kier alpha value is -2.80. The van der Waals surface area contributed by atoms with Crippen molar-refractivity contribution in [1.82, 2.24) is 0 Å². The summed E-state index contributed by atoms with van der Waals surface area (Å²) in [5.41, 5.74) is 13.0. The first-order chi connectivity index (χ1) is 12.3. The summed E-state index contributed by atoms with van der Waals surface area (Å²) >= 11 is 0. The zero-order valence-corrected chi connectivity index (χ0v) is 14.3. The molecule has 3 aromatic carbocycles. The summed E-state index contributed by atoms with van der Waals surface area (Å²) in [6, 6.07) is 32.2. The Balaban J connectivity index is 1.79. The second kappa shape index (κ2) is 6.98. The number of hydrogen-bond acceptors (Lipinski definition) is 1. The van der Waals surface area contributed by atoms with E-state index in [4.69, 9.17) is 5.73 Å². The highest BCUT2D eigenvalue weighted by molar-refractivity contribution is 5.71. The highest BCUT2D eigenvalue weighted by Gasteiger charge is 2.30. The fourth-order valence-electron chi connectivity index (χ4n) is 3.97. The molecule has 1 aliphatic rings. The molecule has 3 aromatic rings. The highest BCUT2D eigenvalue weighted by Crippen LogP contribution is 2.45. The molecule has 124 valence electrons. The van der Waals surface area contributed by atoms with E-state index in [1.54, 1.807) is 0 Å². The summed E-state index contributed by atoms with van der Waals surface area (Å²) in [6.07, 6.45) is 2.07. The predicted molar refractivity (Wildman–Crippen MR) is 105 cm³/mol. The first kappa shape index (κ1) is 15.7. The zero-order chi connectivity index (χ0) is 17.1. The number of nitrogens with two attached hydrogens (primary N) is 1. The molecular formula is C24H23N. The standard InChI is InChI=1S/C24H23N/c25-24-22(19-12-6-2-7-13-19)16-21(18-10-4-1-5-11-18)17-23(24)20-14-8-3-9-15-20/h1-15,21-22H,16-17,25H2. The molecule has 0 amide bonds. The Morgan fingerprint density at radius 2 is 1.16 bits per heavy atom. The average Bonchev–Trinajstić information content (AvgIpc) is 2.70. The van der Waals surface area contributed by atoms with Gasteiger partial charge in [0.1, 0.15) is 0 Å². The van der Waals surface area contributed by atoms with Crippen molar-refractivity contribution < 1.29 is 0 Å². The summed E-state index contributed by atoms with van der Waals surface area (Å²) < 4.78 is 0. The second-order valence-corrected chi connectivity index (χ2v) is 6.81. The molecule has 0 aromatic heterocycles. The molecule has 0 spiro atoms. The molecule has 2 atom stereocenters. The van der Waals surface area contributed by atoms with Crippen molar-refractivity contribution in [3.63, 3.8) is 0 Å². The molecule has 2 N–H and O–H groups in total. The van der Waals surface area contributed by atoms with Gasteiger partial charge in [0.2, 0.25) is 0 Å². The summed E-state index contributed by atoms with van der Waals surface area (Å²) in [7, 11) is 0. The number of hydrogen-bond donors (Lipinski definition) is 1. The number of benzene rings is 3. The van der Waals surface area contributed by atoms with Crippen LogP contribution in [-0.2, 0) is 0 Å². The van der Waals surface area contributed by atoms with Gasteiger partial charge in [0.25, 0.3) is 0 Å².